The average Bonchev–Trinajstić information content (AvgIpc) is 2.60. The van der Waals surface area contributed by atoms with Gasteiger partial charge in [-0.1, -0.05) is 6.42 Å². The van der Waals surface area contributed by atoms with Crippen LogP contribution in [0.5, 0.6) is 0 Å². The van der Waals surface area contributed by atoms with Crippen molar-refractivity contribution in [3.63, 3.8) is 0 Å². The van der Waals surface area contributed by atoms with Crippen LogP contribution >= 0.6 is 11.3 Å². The lowest BCUT2D eigenvalue weighted by atomic mass is 9.66. The molecule has 0 spiro atoms. The van der Waals surface area contributed by atoms with Gasteiger partial charge >= 0.3 is 0 Å². The van der Waals surface area contributed by atoms with Crippen molar-refractivity contribution in [1.29, 1.82) is 0 Å². The van der Waals surface area contributed by atoms with Gasteiger partial charge in [0.25, 0.3) is 0 Å². The van der Waals surface area contributed by atoms with Crippen LogP contribution in [0.3, 0.4) is 0 Å². The van der Waals surface area contributed by atoms with Gasteiger partial charge in [-0.05, 0) is 39.0 Å². The van der Waals surface area contributed by atoms with Crippen LogP contribution in [0.25, 0.3) is 0 Å². The van der Waals surface area contributed by atoms with Crippen LogP contribution in [-0.4, -0.2) is 17.1 Å². The standard InChI is InChI=1S/C13H22N2S/c1-12(2,3)15-10-13(5-4-6-13)9-11-14-7-8-16-11/h7-8,15H,4-6,9-10H2,1-3H3. The van der Waals surface area contributed by atoms with Crippen molar-refractivity contribution in [3.8, 4) is 0 Å². The Balaban J connectivity index is 1.92. The van der Waals surface area contributed by atoms with Crippen LogP contribution in [0.2, 0.25) is 0 Å². The molecule has 16 heavy (non-hydrogen) atoms. The molecule has 0 amide bonds. The fourth-order valence-electron chi connectivity index (χ4n) is 2.21. The molecule has 1 saturated carbocycles. The lowest BCUT2D eigenvalue weighted by Gasteiger charge is -2.43. The zero-order chi connectivity index (χ0) is 11.6. The number of hydrogen-bond donors (Lipinski definition) is 1. The summed E-state index contributed by atoms with van der Waals surface area (Å²) in [6.45, 7) is 7.85. The van der Waals surface area contributed by atoms with Gasteiger partial charge < -0.3 is 5.32 Å². The summed E-state index contributed by atoms with van der Waals surface area (Å²) in [5, 5.41) is 7.04. The molecule has 0 radical (unpaired) electrons. The van der Waals surface area contributed by atoms with Gasteiger partial charge in [0.05, 0.1) is 5.01 Å². The Morgan fingerprint density at radius 3 is 2.62 bits per heavy atom. The lowest BCUT2D eigenvalue weighted by Crippen LogP contribution is -2.47. The van der Waals surface area contributed by atoms with Crippen LogP contribution in [-0.2, 0) is 6.42 Å². The minimum Gasteiger partial charge on any atom is -0.312 e. The minimum atomic E-state index is 0.228. The molecule has 2 rings (SSSR count). The molecular formula is C13H22N2S. The van der Waals surface area contributed by atoms with Gasteiger partial charge in [-0.25, -0.2) is 4.98 Å². The van der Waals surface area contributed by atoms with Crippen LogP contribution in [0.4, 0.5) is 0 Å². The molecule has 0 atom stereocenters. The van der Waals surface area contributed by atoms with Gasteiger partial charge in [-0.15, -0.1) is 11.3 Å². The van der Waals surface area contributed by atoms with Crippen LogP contribution in [0.15, 0.2) is 11.6 Å². The maximum Gasteiger partial charge on any atom is 0.0930 e. The van der Waals surface area contributed by atoms with Crippen molar-refractivity contribution in [2.75, 3.05) is 6.54 Å². The first kappa shape index (κ1) is 12.1. The molecular weight excluding hydrogens is 216 g/mol. The van der Waals surface area contributed by atoms with Gasteiger partial charge in [0.15, 0.2) is 0 Å². The van der Waals surface area contributed by atoms with Gasteiger partial charge in [0.1, 0.15) is 0 Å². The highest BCUT2D eigenvalue weighted by Crippen LogP contribution is 2.43. The Labute approximate surface area is 102 Å². The molecule has 0 saturated heterocycles. The maximum absolute atomic E-state index is 4.42. The molecule has 1 aliphatic rings. The first-order valence-corrected chi connectivity index (χ1v) is 7.01. The monoisotopic (exact) mass is 238 g/mol. The summed E-state index contributed by atoms with van der Waals surface area (Å²) in [6.07, 6.45) is 7.18. The van der Waals surface area contributed by atoms with E-state index in [-0.39, 0.29) is 5.54 Å². The molecule has 0 bridgehead atoms. The van der Waals surface area contributed by atoms with E-state index in [9.17, 15) is 0 Å². The third-order valence-corrected chi connectivity index (χ3v) is 4.20. The summed E-state index contributed by atoms with van der Waals surface area (Å²) in [5.41, 5.74) is 0.719. The lowest BCUT2D eigenvalue weighted by molar-refractivity contribution is 0.118. The largest absolute Gasteiger partial charge is 0.312 e. The molecule has 0 unspecified atom stereocenters. The van der Waals surface area contributed by atoms with Crippen molar-refractivity contribution in [2.45, 2.75) is 52.0 Å². The van der Waals surface area contributed by atoms with E-state index < -0.39 is 0 Å². The summed E-state index contributed by atoms with van der Waals surface area (Å²) in [4.78, 5) is 4.42. The molecule has 1 N–H and O–H groups in total. The normalized spacial score (nSPS) is 19.4. The smallest absolute Gasteiger partial charge is 0.0930 e. The molecule has 1 aromatic rings. The fourth-order valence-corrected chi connectivity index (χ4v) is 3.00. The Morgan fingerprint density at radius 1 is 1.44 bits per heavy atom. The highest BCUT2D eigenvalue weighted by atomic mass is 32.1. The summed E-state index contributed by atoms with van der Waals surface area (Å²) >= 11 is 1.79. The molecule has 1 fully saturated rings. The summed E-state index contributed by atoms with van der Waals surface area (Å²) in [7, 11) is 0. The van der Waals surface area contributed by atoms with E-state index in [1.165, 1.54) is 24.3 Å². The topological polar surface area (TPSA) is 24.9 Å². The second-order valence-corrected chi connectivity index (χ2v) is 7.04. The second kappa shape index (κ2) is 4.46. The molecule has 1 heterocycles. The highest BCUT2D eigenvalue weighted by molar-refractivity contribution is 7.09. The quantitative estimate of drug-likeness (QED) is 0.871. The molecule has 2 nitrogen and oxygen atoms in total. The van der Waals surface area contributed by atoms with Crippen LogP contribution < -0.4 is 5.32 Å². The van der Waals surface area contributed by atoms with Crippen molar-refractivity contribution in [1.82, 2.24) is 10.3 Å². The van der Waals surface area contributed by atoms with E-state index in [2.05, 4.69) is 36.5 Å². The number of nitrogens with zero attached hydrogens (tertiary/aromatic N) is 1. The molecule has 0 aromatic carbocycles. The summed E-state index contributed by atoms with van der Waals surface area (Å²) in [6, 6.07) is 0. The Kier molecular flexibility index (Phi) is 3.36. The predicted octanol–water partition coefficient (Wildman–Crippen LogP) is 3.24. The number of nitrogens with one attached hydrogen (secondary N) is 1. The van der Waals surface area contributed by atoms with E-state index in [1.54, 1.807) is 11.3 Å². The zero-order valence-electron chi connectivity index (χ0n) is 10.5. The first-order chi connectivity index (χ1) is 7.49. The van der Waals surface area contributed by atoms with Gasteiger partial charge in [-0.3, -0.25) is 0 Å². The number of aromatic nitrogens is 1. The molecule has 0 aliphatic heterocycles. The van der Waals surface area contributed by atoms with Gasteiger partial charge in [0, 0.05) is 30.1 Å². The third kappa shape index (κ3) is 3.05. The zero-order valence-corrected chi connectivity index (χ0v) is 11.4. The Morgan fingerprint density at radius 2 is 2.19 bits per heavy atom. The van der Waals surface area contributed by atoms with Crippen LogP contribution in [0, 0.1) is 5.41 Å². The number of thiazole rings is 1. The van der Waals surface area contributed by atoms with Crippen molar-refractivity contribution < 1.29 is 0 Å². The SMILES string of the molecule is CC(C)(C)NCC1(Cc2nccs2)CCC1. The minimum absolute atomic E-state index is 0.228. The molecule has 1 aliphatic carbocycles. The van der Waals surface area contributed by atoms with Crippen molar-refractivity contribution in [3.05, 3.63) is 16.6 Å². The fraction of sp³-hybridized carbons (Fsp3) is 0.769. The number of rotatable bonds is 4. The molecule has 90 valence electrons. The molecule has 3 heteroatoms. The van der Waals surface area contributed by atoms with E-state index >= 15 is 0 Å². The van der Waals surface area contributed by atoms with Gasteiger partial charge in [0.2, 0.25) is 0 Å². The van der Waals surface area contributed by atoms with E-state index in [4.69, 9.17) is 0 Å². The van der Waals surface area contributed by atoms with E-state index in [1.807, 2.05) is 6.20 Å². The number of hydrogen-bond acceptors (Lipinski definition) is 3. The Hall–Kier alpha value is -0.410. The van der Waals surface area contributed by atoms with Crippen LogP contribution in [0.1, 0.15) is 45.0 Å². The average molecular weight is 238 g/mol. The predicted molar refractivity (Wildman–Crippen MR) is 69.9 cm³/mol. The maximum atomic E-state index is 4.42. The first-order valence-electron chi connectivity index (χ1n) is 6.13. The summed E-state index contributed by atoms with van der Waals surface area (Å²) < 4.78 is 0. The van der Waals surface area contributed by atoms with Gasteiger partial charge in [-0.2, -0.15) is 0 Å². The highest BCUT2D eigenvalue weighted by Gasteiger charge is 2.38. The second-order valence-electron chi connectivity index (χ2n) is 6.06. The van der Waals surface area contributed by atoms with E-state index in [0.29, 0.717) is 5.41 Å². The van der Waals surface area contributed by atoms with Crippen molar-refractivity contribution >= 4 is 11.3 Å². The molecule has 1 aromatic heterocycles. The third-order valence-electron chi connectivity index (χ3n) is 3.42. The Bertz CT molecular complexity index is 320. The van der Waals surface area contributed by atoms with Crippen molar-refractivity contribution in [2.24, 2.45) is 5.41 Å². The summed E-state index contributed by atoms with van der Waals surface area (Å²) in [5.74, 6) is 0. The van der Waals surface area contributed by atoms with E-state index in [0.717, 1.165) is 13.0 Å².